The van der Waals surface area contributed by atoms with Crippen molar-refractivity contribution in [1.82, 2.24) is 0 Å². The number of hydrogen-bond donors (Lipinski definition) is 2. The van der Waals surface area contributed by atoms with Crippen molar-refractivity contribution >= 4 is 25.3 Å². The zero-order valence-electron chi connectivity index (χ0n) is 8.82. The van der Waals surface area contributed by atoms with E-state index in [1.807, 2.05) is 20.8 Å². The van der Waals surface area contributed by atoms with E-state index < -0.39 is 0 Å². The predicted octanol–water partition coefficient (Wildman–Crippen LogP) is 2.64. The van der Waals surface area contributed by atoms with Crippen molar-refractivity contribution in [3.63, 3.8) is 0 Å². The number of rotatable bonds is 6. The summed E-state index contributed by atoms with van der Waals surface area (Å²) in [6, 6.07) is 0. The van der Waals surface area contributed by atoms with Crippen LogP contribution >= 0.6 is 25.3 Å². The summed E-state index contributed by atoms with van der Waals surface area (Å²) in [6.45, 7) is 7.25. The predicted molar refractivity (Wildman–Crippen MR) is 65.0 cm³/mol. The van der Waals surface area contributed by atoms with Gasteiger partial charge < -0.3 is 9.47 Å². The van der Waals surface area contributed by atoms with Gasteiger partial charge in [-0.1, -0.05) is 0 Å². The summed E-state index contributed by atoms with van der Waals surface area (Å²) in [5, 5.41) is 0. The minimum atomic E-state index is -0.0370. The van der Waals surface area contributed by atoms with Crippen molar-refractivity contribution in [3.8, 4) is 0 Å². The molecule has 0 N–H and O–H groups in total. The molecule has 0 unspecified atom stereocenters. The van der Waals surface area contributed by atoms with Crippen LogP contribution in [0.25, 0.3) is 0 Å². The van der Waals surface area contributed by atoms with Crippen LogP contribution in [-0.2, 0) is 9.47 Å². The first kappa shape index (κ1) is 16.1. The Morgan fingerprint density at radius 3 is 1.54 bits per heavy atom. The van der Waals surface area contributed by atoms with Gasteiger partial charge in [0.1, 0.15) is 0 Å². The van der Waals surface area contributed by atoms with E-state index in [2.05, 4.69) is 25.3 Å². The Hall–Kier alpha value is 0.620. The molecule has 4 heteroatoms. The lowest BCUT2D eigenvalue weighted by atomic mass is 10.6. The minimum Gasteiger partial charge on any atom is -0.353 e. The molecule has 0 aliphatic rings. The Labute approximate surface area is 93.2 Å². The SMILES string of the molecule is CCOC(C)OCC.SCCCS. The molecule has 0 aromatic heterocycles. The maximum absolute atomic E-state index is 5.06. The standard InChI is InChI=1S/C6H14O2.C3H8S2/c1-4-7-6(3)8-5-2;4-2-1-3-5/h6H,4-5H2,1-3H3;4-5H,1-3H2. The number of thiol groups is 2. The van der Waals surface area contributed by atoms with Crippen LogP contribution in [0.4, 0.5) is 0 Å². The Morgan fingerprint density at radius 1 is 1.00 bits per heavy atom. The highest BCUT2D eigenvalue weighted by molar-refractivity contribution is 7.81. The lowest BCUT2D eigenvalue weighted by Crippen LogP contribution is -2.11. The first-order valence-corrected chi connectivity index (χ1v) is 5.94. The van der Waals surface area contributed by atoms with Gasteiger partial charge in [0.25, 0.3) is 0 Å². The summed E-state index contributed by atoms with van der Waals surface area (Å²) in [5.74, 6) is 1.92. The summed E-state index contributed by atoms with van der Waals surface area (Å²) < 4.78 is 10.1. The molecule has 0 spiro atoms. The number of ether oxygens (including phenoxy) is 2. The summed E-state index contributed by atoms with van der Waals surface area (Å²) in [5.41, 5.74) is 0. The first-order valence-electron chi connectivity index (χ1n) is 4.67. The van der Waals surface area contributed by atoms with E-state index in [1.54, 1.807) is 0 Å². The van der Waals surface area contributed by atoms with Gasteiger partial charge in [-0.15, -0.1) is 0 Å². The van der Waals surface area contributed by atoms with E-state index in [-0.39, 0.29) is 6.29 Å². The number of hydrogen-bond acceptors (Lipinski definition) is 4. The monoisotopic (exact) mass is 226 g/mol. The first-order chi connectivity index (χ1) is 6.22. The molecule has 0 fully saturated rings. The highest BCUT2D eigenvalue weighted by atomic mass is 32.1. The second kappa shape index (κ2) is 15.1. The van der Waals surface area contributed by atoms with Gasteiger partial charge in [0.15, 0.2) is 6.29 Å². The van der Waals surface area contributed by atoms with Crippen molar-refractivity contribution in [2.75, 3.05) is 24.7 Å². The summed E-state index contributed by atoms with van der Waals surface area (Å²) in [7, 11) is 0. The average molecular weight is 226 g/mol. The van der Waals surface area contributed by atoms with Gasteiger partial charge in [0.05, 0.1) is 0 Å². The normalized spacial score (nSPS) is 9.69. The average Bonchev–Trinajstić information content (AvgIpc) is 2.08. The van der Waals surface area contributed by atoms with Crippen LogP contribution in [0.3, 0.4) is 0 Å². The molecule has 0 amide bonds. The van der Waals surface area contributed by atoms with Crippen LogP contribution in [0.2, 0.25) is 0 Å². The van der Waals surface area contributed by atoms with Gasteiger partial charge in [-0.3, -0.25) is 0 Å². The molecule has 0 heterocycles. The van der Waals surface area contributed by atoms with E-state index >= 15 is 0 Å². The highest BCUT2D eigenvalue weighted by Gasteiger charge is 1.94. The molecule has 0 aliphatic carbocycles. The van der Waals surface area contributed by atoms with Crippen LogP contribution in [0.1, 0.15) is 27.2 Å². The molecule has 0 saturated heterocycles. The maximum atomic E-state index is 5.06. The third-order valence-corrected chi connectivity index (χ3v) is 1.75. The molecule has 0 radical (unpaired) electrons. The van der Waals surface area contributed by atoms with Crippen molar-refractivity contribution < 1.29 is 9.47 Å². The molecule has 0 rings (SSSR count). The van der Waals surface area contributed by atoms with E-state index in [9.17, 15) is 0 Å². The summed E-state index contributed by atoms with van der Waals surface area (Å²) >= 11 is 7.90. The molecule has 0 atom stereocenters. The molecule has 82 valence electrons. The molecule has 0 aromatic carbocycles. The lowest BCUT2D eigenvalue weighted by Gasteiger charge is -2.09. The van der Waals surface area contributed by atoms with Crippen LogP contribution < -0.4 is 0 Å². The van der Waals surface area contributed by atoms with Gasteiger partial charge in [-0.25, -0.2) is 0 Å². The van der Waals surface area contributed by atoms with E-state index in [1.165, 1.54) is 0 Å². The van der Waals surface area contributed by atoms with Crippen molar-refractivity contribution in [2.24, 2.45) is 0 Å². The van der Waals surface area contributed by atoms with Crippen molar-refractivity contribution in [2.45, 2.75) is 33.5 Å². The Kier molecular flexibility index (Phi) is 18.7. The fraction of sp³-hybridized carbons (Fsp3) is 1.00. The zero-order valence-corrected chi connectivity index (χ0v) is 10.6. The summed E-state index contributed by atoms with van der Waals surface area (Å²) in [6.07, 6.45) is 1.08. The van der Waals surface area contributed by atoms with Gasteiger partial charge >= 0.3 is 0 Å². The maximum Gasteiger partial charge on any atom is 0.154 e. The fourth-order valence-corrected chi connectivity index (χ4v) is 1.15. The fourth-order valence-electron chi connectivity index (χ4n) is 0.588. The molecule has 13 heavy (non-hydrogen) atoms. The second-order valence-corrected chi connectivity index (χ2v) is 3.17. The van der Waals surface area contributed by atoms with Crippen LogP contribution in [0.15, 0.2) is 0 Å². The third-order valence-electron chi connectivity index (χ3n) is 1.12. The summed E-state index contributed by atoms with van der Waals surface area (Å²) in [4.78, 5) is 0. The lowest BCUT2D eigenvalue weighted by molar-refractivity contribution is -0.123. The quantitative estimate of drug-likeness (QED) is 0.536. The van der Waals surface area contributed by atoms with Crippen LogP contribution in [0.5, 0.6) is 0 Å². The van der Waals surface area contributed by atoms with Gasteiger partial charge in [0, 0.05) is 13.2 Å². The van der Waals surface area contributed by atoms with Crippen molar-refractivity contribution in [3.05, 3.63) is 0 Å². The molecule has 0 bridgehead atoms. The molecule has 0 aliphatic heterocycles. The van der Waals surface area contributed by atoms with Crippen molar-refractivity contribution in [1.29, 1.82) is 0 Å². The van der Waals surface area contributed by atoms with E-state index in [0.717, 1.165) is 31.1 Å². The van der Waals surface area contributed by atoms with E-state index in [4.69, 9.17) is 9.47 Å². The molecule has 2 nitrogen and oxygen atoms in total. The van der Waals surface area contributed by atoms with Crippen LogP contribution in [0, 0.1) is 0 Å². The zero-order chi connectivity index (χ0) is 10.5. The smallest absolute Gasteiger partial charge is 0.154 e. The minimum absolute atomic E-state index is 0.0370. The topological polar surface area (TPSA) is 18.5 Å². The van der Waals surface area contributed by atoms with Gasteiger partial charge in [0.2, 0.25) is 0 Å². The Bertz CT molecular complexity index is 74.0. The molecule has 0 aromatic rings. The molecular formula is C9H22O2S2. The third kappa shape index (κ3) is 19.2. The highest BCUT2D eigenvalue weighted by Crippen LogP contribution is 1.90. The largest absolute Gasteiger partial charge is 0.353 e. The second-order valence-electron chi connectivity index (χ2n) is 2.28. The van der Waals surface area contributed by atoms with Crippen LogP contribution in [-0.4, -0.2) is 31.0 Å². The Balaban J connectivity index is 0. The molecular weight excluding hydrogens is 204 g/mol. The Morgan fingerprint density at radius 2 is 1.38 bits per heavy atom. The van der Waals surface area contributed by atoms with Gasteiger partial charge in [-0.05, 0) is 38.7 Å². The molecule has 0 saturated carbocycles. The van der Waals surface area contributed by atoms with E-state index in [0.29, 0.717) is 0 Å². The van der Waals surface area contributed by atoms with Gasteiger partial charge in [-0.2, -0.15) is 25.3 Å².